The Morgan fingerprint density at radius 2 is 1.92 bits per heavy atom. The van der Waals surface area contributed by atoms with Gasteiger partial charge in [-0.25, -0.2) is 0 Å². The van der Waals surface area contributed by atoms with E-state index < -0.39 is 30.9 Å². The molecule has 0 fully saturated rings. The topological polar surface area (TPSA) is 12.9 Å². The summed E-state index contributed by atoms with van der Waals surface area (Å²) in [6.45, 7) is 4.58. The Balaban J connectivity index is 0.00000104. The van der Waals surface area contributed by atoms with Crippen LogP contribution in [-0.4, -0.2) is 4.75 Å². The molecule has 0 aliphatic heterocycles. The first-order valence-electron chi connectivity index (χ1n) is 7.68. The summed E-state index contributed by atoms with van der Waals surface area (Å²) in [5, 5.41) is 1.60. The molecule has 0 amide bonds. The Morgan fingerprint density at radius 1 is 1.12 bits per heavy atom. The maximum Gasteiger partial charge on any atom is -1.00 e. The summed E-state index contributed by atoms with van der Waals surface area (Å²) in [6, 6.07) is 11.1. The molecule has 4 rings (SSSR count). The molecule has 0 bridgehead atoms. The van der Waals surface area contributed by atoms with Gasteiger partial charge in [-0.05, 0) is 0 Å². The average Bonchev–Trinajstić information content (AvgIpc) is 3.23. The van der Waals surface area contributed by atoms with Crippen LogP contribution in [0.1, 0.15) is 35.0 Å². The van der Waals surface area contributed by atoms with Crippen LogP contribution < -0.4 is 24.8 Å². The molecule has 2 aliphatic rings. The third-order valence-corrected chi connectivity index (χ3v) is 11.5. The van der Waals surface area contributed by atoms with Gasteiger partial charge in [0.1, 0.15) is 0 Å². The van der Waals surface area contributed by atoms with E-state index in [9.17, 15) is 0 Å². The number of nitrogens with zero attached hydrogens (tertiary/aromatic N) is 1. The van der Waals surface area contributed by atoms with Crippen LogP contribution in [0.25, 0.3) is 11.4 Å². The van der Waals surface area contributed by atoms with Crippen molar-refractivity contribution in [2.75, 3.05) is 0 Å². The second-order valence-electron chi connectivity index (χ2n) is 5.92. The maximum atomic E-state index is 4.72. The molecule has 0 spiro atoms. The molecule has 0 saturated heterocycles. The van der Waals surface area contributed by atoms with Crippen LogP contribution in [0.2, 0.25) is 0 Å². The molecule has 2 aromatic rings. The van der Waals surface area contributed by atoms with Crippen LogP contribution in [0.3, 0.4) is 0 Å². The van der Waals surface area contributed by atoms with E-state index in [1.54, 1.807) is 19.7 Å². The standard InChI is InChI=1S/C12H9NP.C7H9.2ClH.Zr/c1-2-5-11-9-12(8-10(11)4-1)14-7-3-6-13-14;1-6-4-3-5-7(6)2;;;/h1-9H;4H,3H2,1-2H3;2*1H;/q;;;;+2/p-2. The van der Waals surface area contributed by atoms with E-state index in [0.29, 0.717) is 3.63 Å². The number of hydrogen-bond donors (Lipinski definition) is 0. The van der Waals surface area contributed by atoms with Gasteiger partial charge in [0.05, 0.1) is 0 Å². The summed E-state index contributed by atoms with van der Waals surface area (Å²) < 4.78 is 7.17. The number of allylic oxidation sites excluding steroid dienone is 5. The molecule has 0 saturated carbocycles. The molecular weight excluding hydrogens is 435 g/mol. The first-order valence-corrected chi connectivity index (χ1v) is 11.7. The van der Waals surface area contributed by atoms with Crippen molar-refractivity contribution >= 4 is 19.1 Å². The Bertz CT molecular complexity index is 822. The molecule has 2 atom stereocenters. The fraction of sp³-hybridized carbons (Fsp3) is 0.211. The fourth-order valence-electron chi connectivity index (χ4n) is 3.22. The van der Waals surface area contributed by atoms with Crippen LogP contribution in [0.5, 0.6) is 0 Å². The summed E-state index contributed by atoms with van der Waals surface area (Å²) in [4.78, 5) is 0. The Morgan fingerprint density at radius 3 is 2.58 bits per heavy atom. The van der Waals surface area contributed by atoms with Crippen molar-refractivity contribution in [2.24, 2.45) is 0 Å². The van der Waals surface area contributed by atoms with Crippen molar-refractivity contribution in [2.45, 2.75) is 23.9 Å². The van der Waals surface area contributed by atoms with E-state index in [-0.39, 0.29) is 24.8 Å². The normalized spacial score (nSPS) is 18.9. The fourth-order valence-corrected chi connectivity index (χ4v) is 10.1. The second-order valence-corrected chi connectivity index (χ2v) is 11.3. The summed E-state index contributed by atoms with van der Waals surface area (Å²) in [5.74, 6) is 2.30. The second kappa shape index (κ2) is 8.33. The van der Waals surface area contributed by atoms with Crippen molar-refractivity contribution in [3.63, 3.8) is 0 Å². The molecule has 1 heterocycles. The van der Waals surface area contributed by atoms with Crippen molar-refractivity contribution in [1.82, 2.24) is 4.75 Å². The zero-order chi connectivity index (χ0) is 15.1. The molecule has 2 aliphatic carbocycles. The van der Waals surface area contributed by atoms with Gasteiger partial charge in [-0.15, -0.1) is 0 Å². The SMILES string of the molecule is CC1=CC[C]([Zr+2][CH]2C(p3cccn3)=Cc3ccccc32)=C1C.[Cl-].[Cl-]. The van der Waals surface area contributed by atoms with E-state index >= 15 is 0 Å². The molecule has 5 heteroatoms. The summed E-state index contributed by atoms with van der Waals surface area (Å²) >= 11 is -0.669. The Labute approximate surface area is 168 Å². The number of benzene rings is 1. The predicted molar refractivity (Wildman–Crippen MR) is 91.4 cm³/mol. The zero-order valence-electron chi connectivity index (χ0n) is 13.6. The van der Waals surface area contributed by atoms with E-state index in [2.05, 4.69) is 62.1 Å². The number of rotatable bonds is 3. The van der Waals surface area contributed by atoms with E-state index in [4.69, 9.17) is 4.75 Å². The van der Waals surface area contributed by atoms with Gasteiger partial charge in [0, 0.05) is 0 Å². The van der Waals surface area contributed by atoms with Crippen LogP contribution in [0, 0.1) is 0 Å². The molecule has 1 nitrogen and oxygen atoms in total. The number of halogens is 2. The third kappa shape index (κ3) is 3.58. The van der Waals surface area contributed by atoms with Crippen LogP contribution in [0.4, 0.5) is 0 Å². The Hall–Kier alpha value is -0.387. The summed E-state index contributed by atoms with van der Waals surface area (Å²) in [7, 11) is -0.425. The molecule has 0 radical (unpaired) electrons. The van der Waals surface area contributed by atoms with Gasteiger partial charge < -0.3 is 24.8 Å². The third-order valence-electron chi connectivity index (χ3n) is 4.65. The quantitative estimate of drug-likeness (QED) is 0.630. The van der Waals surface area contributed by atoms with Crippen LogP contribution >= 0.6 is 7.69 Å². The minimum atomic E-state index is -0.669. The van der Waals surface area contributed by atoms with Crippen molar-refractivity contribution in [3.8, 4) is 0 Å². The maximum absolute atomic E-state index is 4.72. The summed E-state index contributed by atoms with van der Waals surface area (Å²) in [5.41, 5.74) is 6.07. The van der Waals surface area contributed by atoms with Crippen LogP contribution in [-0.2, 0) is 23.2 Å². The largest absolute Gasteiger partial charge is 1.00 e. The van der Waals surface area contributed by atoms with Gasteiger partial charge in [0.25, 0.3) is 0 Å². The van der Waals surface area contributed by atoms with Gasteiger partial charge in [0.15, 0.2) is 0 Å². The molecule has 122 valence electrons. The zero-order valence-corrected chi connectivity index (χ0v) is 18.5. The molecular formula is C19H18Cl2NPZr. The first-order chi connectivity index (χ1) is 10.7. The Kier molecular flexibility index (Phi) is 6.92. The number of aromatic nitrogens is 1. The van der Waals surface area contributed by atoms with E-state index in [1.807, 2.05) is 6.20 Å². The van der Waals surface area contributed by atoms with Crippen molar-refractivity contribution in [3.05, 3.63) is 74.0 Å². The minimum absolute atomic E-state index is 0. The smallest absolute Gasteiger partial charge is 1.00 e. The molecule has 0 N–H and O–H groups in total. The predicted octanol–water partition coefficient (Wildman–Crippen LogP) is -0.164. The monoisotopic (exact) mass is 451 g/mol. The van der Waals surface area contributed by atoms with Crippen molar-refractivity contribution < 1.29 is 48.0 Å². The average molecular weight is 453 g/mol. The van der Waals surface area contributed by atoms with Gasteiger partial charge in [-0.1, -0.05) is 0 Å². The van der Waals surface area contributed by atoms with Gasteiger partial charge in [0.2, 0.25) is 0 Å². The molecule has 1 aromatic heterocycles. The van der Waals surface area contributed by atoms with Crippen molar-refractivity contribution in [1.29, 1.82) is 0 Å². The number of fused-ring (bicyclic) bond motifs is 1. The van der Waals surface area contributed by atoms with Crippen LogP contribution in [0.15, 0.2) is 62.8 Å². The number of hydrogen-bond acceptors (Lipinski definition) is 1. The first kappa shape index (κ1) is 19.9. The van der Waals surface area contributed by atoms with Gasteiger partial charge in [-0.3, -0.25) is 0 Å². The van der Waals surface area contributed by atoms with Gasteiger partial charge >= 0.3 is 145 Å². The molecule has 2 unspecified atom stereocenters. The van der Waals surface area contributed by atoms with E-state index in [0.717, 1.165) is 0 Å². The summed E-state index contributed by atoms with van der Waals surface area (Å²) in [6.07, 6.45) is 8.02. The van der Waals surface area contributed by atoms with Gasteiger partial charge in [-0.2, -0.15) is 0 Å². The molecule has 1 aromatic carbocycles. The molecule has 24 heavy (non-hydrogen) atoms. The van der Waals surface area contributed by atoms with E-state index in [1.165, 1.54) is 17.6 Å². The minimum Gasteiger partial charge on any atom is -1.00 e.